The maximum atomic E-state index is 13.2. The smallest absolute Gasteiger partial charge is 0.270 e. The van der Waals surface area contributed by atoms with Crippen LogP contribution >= 0.6 is 24.0 Å². The van der Waals surface area contributed by atoms with E-state index < -0.39 is 0 Å². The van der Waals surface area contributed by atoms with Gasteiger partial charge in [-0.25, -0.2) is 0 Å². The van der Waals surface area contributed by atoms with Gasteiger partial charge in [-0.15, -0.1) is 0 Å². The Hall–Kier alpha value is -2.15. The van der Waals surface area contributed by atoms with E-state index in [4.69, 9.17) is 17.0 Å². The van der Waals surface area contributed by atoms with Crippen LogP contribution in [-0.4, -0.2) is 53.0 Å². The molecule has 1 amide bonds. The number of nitriles is 1. The number of carbonyl (C=O) groups is 1. The molecule has 0 spiro atoms. The van der Waals surface area contributed by atoms with Gasteiger partial charge in [0.05, 0.1) is 18.1 Å². The molecule has 1 aromatic heterocycles. The fraction of sp³-hybridized carbons (Fsp3) is 0.565. The van der Waals surface area contributed by atoms with Gasteiger partial charge in [-0.3, -0.25) is 19.1 Å². The Kier molecular flexibility index (Phi) is 8.51. The normalized spacial score (nSPS) is 18.4. The van der Waals surface area contributed by atoms with E-state index >= 15 is 0 Å². The molecule has 0 bridgehead atoms. The van der Waals surface area contributed by atoms with E-state index in [1.54, 1.807) is 23.5 Å². The summed E-state index contributed by atoms with van der Waals surface area (Å²) in [5, 5.41) is 9.74. The largest absolute Gasteiger partial charge is 0.383 e. The molecule has 3 rings (SSSR count). The summed E-state index contributed by atoms with van der Waals surface area (Å²) in [6, 6.07) is 2.10. The maximum absolute atomic E-state index is 13.2. The number of nitrogens with zero attached hydrogens (tertiary/aromatic N) is 4. The van der Waals surface area contributed by atoms with Crippen molar-refractivity contribution in [3.8, 4) is 6.07 Å². The highest BCUT2D eigenvalue weighted by molar-refractivity contribution is 8.26. The number of methoxy groups -OCH3 is 1. The zero-order valence-electron chi connectivity index (χ0n) is 19.0. The Balaban J connectivity index is 2.19. The fourth-order valence-electron chi connectivity index (χ4n) is 4.20. The number of hydrogen-bond donors (Lipinski definition) is 0. The van der Waals surface area contributed by atoms with Crippen molar-refractivity contribution in [2.75, 3.05) is 38.3 Å². The minimum absolute atomic E-state index is 0.137. The fourth-order valence-corrected chi connectivity index (χ4v) is 5.50. The van der Waals surface area contributed by atoms with Crippen LogP contribution in [0.5, 0.6) is 0 Å². The summed E-state index contributed by atoms with van der Waals surface area (Å²) in [6.45, 7) is 6.84. The van der Waals surface area contributed by atoms with Gasteiger partial charge in [0.25, 0.3) is 11.5 Å². The second-order valence-corrected chi connectivity index (χ2v) is 9.71. The summed E-state index contributed by atoms with van der Waals surface area (Å²) >= 11 is 6.68. The SMILES string of the molecule is CCCn1c(N2CCCCCC2)c(/C=C2/SC(=S)N(CCOC)C2=O)c(C)c(C#N)c1=O. The van der Waals surface area contributed by atoms with Crippen LogP contribution in [0.2, 0.25) is 0 Å². The Labute approximate surface area is 199 Å². The van der Waals surface area contributed by atoms with E-state index in [1.165, 1.54) is 11.8 Å². The van der Waals surface area contributed by atoms with Gasteiger partial charge in [-0.05, 0) is 37.8 Å². The van der Waals surface area contributed by atoms with Crippen LogP contribution < -0.4 is 10.5 Å². The van der Waals surface area contributed by atoms with Crippen molar-refractivity contribution in [1.29, 1.82) is 5.26 Å². The minimum Gasteiger partial charge on any atom is -0.383 e. The molecule has 0 saturated carbocycles. The molecule has 0 unspecified atom stereocenters. The van der Waals surface area contributed by atoms with E-state index in [-0.39, 0.29) is 17.0 Å². The lowest BCUT2D eigenvalue weighted by Gasteiger charge is -2.29. The molecule has 2 aliphatic heterocycles. The zero-order chi connectivity index (χ0) is 23.3. The first-order valence-corrected chi connectivity index (χ1v) is 12.3. The quantitative estimate of drug-likeness (QED) is 0.441. The van der Waals surface area contributed by atoms with Crippen LogP contribution in [0, 0.1) is 18.3 Å². The third kappa shape index (κ3) is 4.92. The number of carbonyl (C=O) groups excluding carboxylic acids is 1. The van der Waals surface area contributed by atoms with E-state index in [1.807, 2.05) is 13.0 Å². The number of anilines is 1. The molecule has 2 fully saturated rings. The number of amides is 1. The first-order valence-electron chi connectivity index (χ1n) is 11.1. The van der Waals surface area contributed by atoms with Crippen LogP contribution in [-0.2, 0) is 16.1 Å². The second-order valence-electron chi connectivity index (χ2n) is 8.03. The van der Waals surface area contributed by atoms with Gasteiger partial charge < -0.3 is 9.64 Å². The number of rotatable bonds is 7. The molecular weight excluding hydrogens is 444 g/mol. The van der Waals surface area contributed by atoms with Gasteiger partial charge in [-0.1, -0.05) is 43.7 Å². The highest BCUT2D eigenvalue weighted by Gasteiger charge is 2.33. The van der Waals surface area contributed by atoms with Crippen LogP contribution in [0.15, 0.2) is 9.70 Å². The topological polar surface area (TPSA) is 78.6 Å². The number of thiocarbonyl (C=S) groups is 1. The zero-order valence-corrected chi connectivity index (χ0v) is 20.6. The monoisotopic (exact) mass is 474 g/mol. The van der Waals surface area contributed by atoms with Crippen molar-refractivity contribution in [3.63, 3.8) is 0 Å². The van der Waals surface area contributed by atoms with E-state index in [2.05, 4.69) is 11.0 Å². The lowest BCUT2D eigenvalue weighted by atomic mass is 10.0. The lowest BCUT2D eigenvalue weighted by molar-refractivity contribution is -0.122. The standard InChI is InChI=1S/C23H30N4O3S2/c1-4-9-26-20(25-10-7-5-6-8-11-25)17(16(2)18(15-24)21(26)28)14-19-22(29)27(12-13-30-3)23(31)32-19/h14H,4-13H2,1-3H3/b19-14+. The van der Waals surface area contributed by atoms with Gasteiger partial charge in [0.1, 0.15) is 21.8 Å². The van der Waals surface area contributed by atoms with Gasteiger partial charge >= 0.3 is 0 Å². The average molecular weight is 475 g/mol. The molecule has 2 aliphatic rings. The lowest BCUT2D eigenvalue weighted by Crippen LogP contribution is -2.35. The van der Waals surface area contributed by atoms with Gasteiger partial charge in [0, 0.05) is 32.3 Å². The third-order valence-corrected chi connectivity index (χ3v) is 7.25. The van der Waals surface area contributed by atoms with E-state index in [9.17, 15) is 14.9 Å². The summed E-state index contributed by atoms with van der Waals surface area (Å²) in [7, 11) is 1.59. The molecule has 172 valence electrons. The van der Waals surface area contributed by atoms with Crippen LogP contribution in [0.3, 0.4) is 0 Å². The first kappa shape index (κ1) is 24.5. The molecule has 7 nitrogen and oxygen atoms in total. The highest BCUT2D eigenvalue weighted by atomic mass is 32.2. The van der Waals surface area contributed by atoms with Crippen molar-refractivity contribution in [2.45, 2.75) is 52.5 Å². The minimum atomic E-state index is -0.254. The molecular formula is C23H30N4O3S2. The molecule has 0 radical (unpaired) electrons. The van der Waals surface area contributed by atoms with Crippen molar-refractivity contribution < 1.29 is 9.53 Å². The molecule has 0 aliphatic carbocycles. The second kappa shape index (κ2) is 11.1. The molecule has 3 heterocycles. The average Bonchev–Trinajstić information content (AvgIpc) is 2.95. The van der Waals surface area contributed by atoms with E-state index in [0.717, 1.165) is 56.6 Å². The molecule has 9 heteroatoms. The van der Waals surface area contributed by atoms with E-state index in [0.29, 0.717) is 34.5 Å². The van der Waals surface area contributed by atoms with Gasteiger partial charge in [0.2, 0.25) is 0 Å². The highest BCUT2D eigenvalue weighted by Crippen LogP contribution is 2.36. The van der Waals surface area contributed by atoms with Gasteiger partial charge in [0.15, 0.2) is 0 Å². The summed E-state index contributed by atoms with van der Waals surface area (Å²) in [5.74, 6) is 0.655. The third-order valence-electron chi connectivity index (χ3n) is 5.87. The van der Waals surface area contributed by atoms with Crippen molar-refractivity contribution in [3.05, 3.63) is 31.9 Å². The van der Waals surface area contributed by atoms with Crippen LogP contribution in [0.25, 0.3) is 6.08 Å². The number of pyridine rings is 1. The molecule has 0 atom stereocenters. The Bertz CT molecular complexity index is 1020. The summed E-state index contributed by atoms with van der Waals surface area (Å²) in [6.07, 6.45) is 7.03. The molecule has 0 aromatic carbocycles. The predicted molar refractivity (Wildman–Crippen MR) is 133 cm³/mol. The van der Waals surface area contributed by atoms with Crippen molar-refractivity contribution in [2.24, 2.45) is 0 Å². The summed E-state index contributed by atoms with van der Waals surface area (Å²) in [5.41, 5.74) is 1.27. The Morgan fingerprint density at radius 1 is 1.19 bits per heavy atom. The van der Waals surface area contributed by atoms with Gasteiger partial charge in [-0.2, -0.15) is 5.26 Å². The predicted octanol–water partition coefficient (Wildman–Crippen LogP) is 3.67. The first-order chi connectivity index (χ1) is 15.4. The summed E-state index contributed by atoms with van der Waals surface area (Å²) < 4.78 is 7.33. The maximum Gasteiger partial charge on any atom is 0.270 e. The van der Waals surface area contributed by atoms with Crippen molar-refractivity contribution >= 4 is 46.1 Å². The number of aromatic nitrogens is 1. The number of hydrogen-bond acceptors (Lipinski definition) is 7. The number of thioether (sulfide) groups is 1. The van der Waals surface area contributed by atoms with Crippen LogP contribution in [0.1, 0.15) is 55.7 Å². The Morgan fingerprint density at radius 2 is 1.88 bits per heavy atom. The van der Waals surface area contributed by atoms with Crippen molar-refractivity contribution in [1.82, 2.24) is 9.47 Å². The molecule has 1 aromatic rings. The van der Waals surface area contributed by atoms with Crippen LogP contribution in [0.4, 0.5) is 5.82 Å². The Morgan fingerprint density at radius 3 is 2.47 bits per heavy atom. The molecule has 2 saturated heterocycles. The number of ether oxygens (including phenoxy) is 1. The summed E-state index contributed by atoms with van der Waals surface area (Å²) in [4.78, 5) is 30.6. The molecule has 0 N–H and O–H groups in total. The molecule has 32 heavy (non-hydrogen) atoms.